The van der Waals surface area contributed by atoms with Crippen LogP contribution in [0.2, 0.25) is 0 Å². The summed E-state index contributed by atoms with van der Waals surface area (Å²) in [5.74, 6) is -1.12. The lowest BCUT2D eigenvalue weighted by molar-refractivity contribution is -0.141. The van der Waals surface area contributed by atoms with Gasteiger partial charge in [0.05, 0.1) is 5.92 Å². The van der Waals surface area contributed by atoms with Crippen LogP contribution in [-0.4, -0.2) is 39.2 Å². The van der Waals surface area contributed by atoms with Crippen LogP contribution in [0.15, 0.2) is 5.16 Å². The van der Waals surface area contributed by atoms with Gasteiger partial charge < -0.3 is 10.4 Å². The van der Waals surface area contributed by atoms with Gasteiger partial charge in [0.1, 0.15) is 0 Å². The summed E-state index contributed by atoms with van der Waals surface area (Å²) in [6, 6.07) is -0.0130. The van der Waals surface area contributed by atoms with Gasteiger partial charge in [-0.3, -0.25) is 9.59 Å². The summed E-state index contributed by atoms with van der Waals surface area (Å²) < 4.78 is 0. The first-order valence-corrected chi connectivity index (χ1v) is 9.03. The van der Waals surface area contributed by atoms with Gasteiger partial charge in [-0.25, -0.2) is 9.97 Å². The average Bonchev–Trinajstić information content (AvgIpc) is 2.94. The number of hydrogen-bond donors (Lipinski definition) is 2. The molecule has 0 aromatic carbocycles. The normalized spacial score (nSPS) is 20.5. The molecule has 126 valence electrons. The van der Waals surface area contributed by atoms with Crippen molar-refractivity contribution in [3.05, 3.63) is 17.0 Å². The van der Waals surface area contributed by atoms with Gasteiger partial charge in [0.25, 0.3) is 0 Å². The van der Waals surface area contributed by atoms with E-state index >= 15 is 0 Å². The Kier molecular flexibility index (Phi) is 5.98. The number of nitrogens with zero attached hydrogens (tertiary/aromatic N) is 2. The number of carboxylic acid groups (broad SMARTS) is 1. The van der Waals surface area contributed by atoms with Crippen molar-refractivity contribution in [2.24, 2.45) is 5.92 Å². The number of hydrogen-bond acceptors (Lipinski definition) is 5. The lowest BCUT2D eigenvalue weighted by Gasteiger charge is -2.13. The van der Waals surface area contributed by atoms with Crippen molar-refractivity contribution in [3.63, 3.8) is 0 Å². The highest BCUT2D eigenvalue weighted by Gasteiger charge is 2.30. The predicted molar refractivity (Wildman–Crippen MR) is 88.5 cm³/mol. The molecule has 23 heavy (non-hydrogen) atoms. The molecule has 1 saturated carbocycles. The molecule has 0 aliphatic heterocycles. The Labute approximate surface area is 140 Å². The number of aryl methyl sites for hydroxylation is 2. The summed E-state index contributed by atoms with van der Waals surface area (Å²) in [7, 11) is 0. The number of thioether (sulfide) groups is 1. The maximum Gasteiger partial charge on any atom is 0.306 e. The van der Waals surface area contributed by atoms with E-state index in [-0.39, 0.29) is 17.9 Å². The van der Waals surface area contributed by atoms with Crippen LogP contribution < -0.4 is 5.32 Å². The monoisotopic (exact) mass is 337 g/mol. The minimum atomic E-state index is -0.765. The number of carboxylic acids is 1. The number of aromatic nitrogens is 2. The zero-order valence-electron chi connectivity index (χ0n) is 13.8. The highest BCUT2D eigenvalue weighted by atomic mass is 32.2. The Balaban J connectivity index is 1.87. The van der Waals surface area contributed by atoms with Crippen molar-refractivity contribution >= 4 is 23.6 Å². The third kappa shape index (κ3) is 4.67. The lowest BCUT2D eigenvalue weighted by atomic mass is 10.1. The molecule has 0 radical (unpaired) electrons. The van der Waals surface area contributed by atoms with Crippen LogP contribution >= 0.6 is 11.8 Å². The number of rotatable bonds is 6. The van der Waals surface area contributed by atoms with Gasteiger partial charge in [0.2, 0.25) is 5.91 Å². The number of nitrogens with one attached hydrogen (secondary N) is 1. The summed E-state index contributed by atoms with van der Waals surface area (Å²) in [4.78, 5) is 31.9. The molecule has 2 rings (SSSR count). The SMILES string of the molecule is CSc1nc(C)c(CCC(=O)N[C@@H]2CC[C@H](C(=O)O)C2)c(C)n1. The Morgan fingerprint density at radius 2 is 1.91 bits per heavy atom. The molecule has 0 unspecified atom stereocenters. The van der Waals surface area contributed by atoms with E-state index in [2.05, 4.69) is 15.3 Å². The summed E-state index contributed by atoms with van der Waals surface area (Å²) in [6.45, 7) is 3.88. The Bertz CT molecular complexity index is 583. The molecule has 1 aliphatic rings. The van der Waals surface area contributed by atoms with Gasteiger partial charge in [0, 0.05) is 23.9 Å². The van der Waals surface area contributed by atoms with E-state index in [9.17, 15) is 9.59 Å². The third-order valence-electron chi connectivity index (χ3n) is 4.33. The fourth-order valence-electron chi connectivity index (χ4n) is 3.04. The summed E-state index contributed by atoms with van der Waals surface area (Å²) >= 11 is 1.50. The first kappa shape index (κ1) is 17.7. The van der Waals surface area contributed by atoms with Crippen LogP contribution in [0.3, 0.4) is 0 Å². The van der Waals surface area contributed by atoms with Gasteiger partial charge in [-0.1, -0.05) is 11.8 Å². The second-order valence-electron chi connectivity index (χ2n) is 5.97. The van der Waals surface area contributed by atoms with Crippen molar-refractivity contribution in [3.8, 4) is 0 Å². The molecule has 0 bridgehead atoms. The molecule has 2 atom stereocenters. The molecule has 1 amide bonds. The maximum absolute atomic E-state index is 12.1. The maximum atomic E-state index is 12.1. The Morgan fingerprint density at radius 3 is 2.43 bits per heavy atom. The molecule has 7 heteroatoms. The van der Waals surface area contributed by atoms with Crippen molar-refractivity contribution < 1.29 is 14.7 Å². The van der Waals surface area contributed by atoms with Crippen molar-refractivity contribution in [1.82, 2.24) is 15.3 Å². The zero-order valence-corrected chi connectivity index (χ0v) is 14.6. The highest BCUT2D eigenvalue weighted by molar-refractivity contribution is 7.98. The summed E-state index contributed by atoms with van der Waals surface area (Å²) in [5.41, 5.74) is 2.86. The first-order chi connectivity index (χ1) is 10.9. The van der Waals surface area contributed by atoms with E-state index in [0.717, 1.165) is 28.5 Å². The quantitative estimate of drug-likeness (QED) is 0.610. The fraction of sp³-hybridized carbons (Fsp3) is 0.625. The molecule has 1 aromatic heterocycles. The topological polar surface area (TPSA) is 92.2 Å². The van der Waals surface area contributed by atoms with E-state index in [1.165, 1.54) is 11.8 Å². The molecule has 1 fully saturated rings. The summed E-state index contributed by atoms with van der Waals surface area (Å²) in [6.07, 6.45) is 4.83. The minimum absolute atomic E-state index is 0.0130. The fourth-order valence-corrected chi connectivity index (χ4v) is 3.49. The molecular weight excluding hydrogens is 314 g/mol. The van der Waals surface area contributed by atoms with Crippen LogP contribution in [0.1, 0.15) is 42.6 Å². The lowest BCUT2D eigenvalue weighted by Crippen LogP contribution is -2.33. The largest absolute Gasteiger partial charge is 0.481 e. The number of carbonyl (C=O) groups is 2. The van der Waals surface area contributed by atoms with Crippen LogP contribution in [0.4, 0.5) is 0 Å². The van der Waals surface area contributed by atoms with E-state index in [1.807, 2.05) is 20.1 Å². The molecular formula is C16H23N3O3S. The minimum Gasteiger partial charge on any atom is -0.481 e. The molecule has 2 N–H and O–H groups in total. The van der Waals surface area contributed by atoms with E-state index in [1.54, 1.807) is 0 Å². The standard InChI is InChI=1S/C16H23N3O3S/c1-9-13(10(2)18-16(17-9)23-3)6-7-14(20)19-12-5-4-11(8-12)15(21)22/h11-12H,4-8H2,1-3H3,(H,19,20)(H,21,22)/t11-,12+/m0/s1. The van der Waals surface area contributed by atoms with Gasteiger partial charge in [-0.15, -0.1) is 0 Å². The molecule has 6 nitrogen and oxygen atoms in total. The Morgan fingerprint density at radius 1 is 1.26 bits per heavy atom. The predicted octanol–water partition coefficient (Wildman–Crippen LogP) is 2.12. The van der Waals surface area contributed by atoms with Crippen molar-refractivity contribution in [1.29, 1.82) is 0 Å². The Hall–Kier alpha value is -1.63. The third-order valence-corrected chi connectivity index (χ3v) is 4.88. The van der Waals surface area contributed by atoms with Gasteiger partial charge in [-0.05, 0) is 51.3 Å². The smallest absolute Gasteiger partial charge is 0.306 e. The second-order valence-corrected chi connectivity index (χ2v) is 6.75. The highest BCUT2D eigenvalue weighted by Crippen LogP contribution is 2.25. The van der Waals surface area contributed by atoms with E-state index in [4.69, 9.17) is 5.11 Å². The van der Waals surface area contributed by atoms with E-state index in [0.29, 0.717) is 25.7 Å². The number of carbonyl (C=O) groups excluding carboxylic acids is 1. The first-order valence-electron chi connectivity index (χ1n) is 7.81. The van der Waals surface area contributed by atoms with Crippen LogP contribution in [0.5, 0.6) is 0 Å². The molecule has 1 heterocycles. The average molecular weight is 337 g/mol. The van der Waals surface area contributed by atoms with Crippen LogP contribution in [0.25, 0.3) is 0 Å². The summed E-state index contributed by atoms with van der Waals surface area (Å²) in [5, 5.41) is 12.7. The van der Waals surface area contributed by atoms with Crippen LogP contribution in [-0.2, 0) is 16.0 Å². The number of aliphatic carboxylic acids is 1. The zero-order chi connectivity index (χ0) is 17.0. The number of amides is 1. The molecule has 0 spiro atoms. The van der Waals surface area contributed by atoms with Gasteiger partial charge in [-0.2, -0.15) is 0 Å². The van der Waals surface area contributed by atoms with Gasteiger partial charge >= 0.3 is 5.97 Å². The second kappa shape index (κ2) is 7.77. The molecule has 1 aliphatic carbocycles. The van der Waals surface area contributed by atoms with E-state index < -0.39 is 5.97 Å². The van der Waals surface area contributed by atoms with Crippen molar-refractivity contribution in [2.75, 3.05) is 6.26 Å². The molecule has 1 aromatic rings. The van der Waals surface area contributed by atoms with Gasteiger partial charge in [0.15, 0.2) is 5.16 Å². The van der Waals surface area contributed by atoms with Crippen molar-refractivity contribution in [2.45, 2.75) is 57.1 Å². The van der Waals surface area contributed by atoms with Crippen LogP contribution in [0, 0.1) is 19.8 Å². The molecule has 0 saturated heterocycles.